The maximum absolute atomic E-state index is 11.2. The van der Waals surface area contributed by atoms with E-state index in [2.05, 4.69) is 16.9 Å². The van der Waals surface area contributed by atoms with Gasteiger partial charge in [0.2, 0.25) is 0 Å². The zero-order chi connectivity index (χ0) is 13.7. The molecule has 3 nitrogen and oxygen atoms in total. The number of hydrogen-bond donors (Lipinski definition) is 1. The van der Waals surface area contributed by atoms with E-state index in [1.54, 1.807) is 0 Å². The first kappa shape index (κ1) is 14.1. The number of esters is 1. The fraction of sp³-hybridized carbons (Fsp3) is 0.562. The molecule has 1 aromatic carbocycles. The third-order valence-corrected chi connectivity index (χ3v) is 4.28. The Labute approximate surface area is 115 Å². The lowest BCUT2D eigenvalue weighted by Gasteiger charge is -2.27. The number of methoxy groups -OCH3 is 1. The maximum Gasteiger partial charge on any atom is 0.309 e. The van der Waals surface area contributed by atoms with E-state index in [0.717, 1.165) is 18.5 Å². The second kappa shape index (κ2) is 6.20. The van der Waals surface area contributed by atoms with Gasteiger partial charge >= 0.3 is 5.97 Å². The van der Waals surface area contributed by atoms with Crippen molar-refractivity contribution in [2.45, 2.75) is 38.5 Å². The van der Waals surface area contributed by atoms with Crippen molar-refractivity contribution < 1.29 is 9.53 Å². The highest BCUT2D eigenvalue weighted by Gasteiger charge is 2.32. The lowest BCUT2D eigenvalue weighted by Crippen LogP contribution is -2.29. The van der Waals surface area contributed by atoms with E-state index in [1.807, 2.05) is 12.1 Å². The minimum absolute atomic E-state index is 0.193. The molecule has 0 amide bonds. The van der Waals surface area contributed by atoms with Crippen LogP contribution < -0.4 is 5.73 Å². The van der Waals surface area contributed by atoms with Crippen LogP contribution in [0.4, 0.5) is 0 Å². The molecule has 0 radical (unpaired) electrons. The highest BCUT2D eigenvalue weighted by atomic mass is 16.5. The Bertz CT molecular complexity index is 419. The van der Waals surface area contributed by atoms with Crippen LogP contribution in [0.3, 0.4) is 0 Å². The summed E-state index contributed by atoms with van der Waals surface area (Å²) in [6.07, 6.45) is 6.50. The minimum atomic E-state index is -0.193. The Kier molecular flexibility index (Phi) is 4.59. The highest BCUT2D eigenvalue weighted by molar-refractivity contribution is 5.72. The van der Waals surface area contributed by atoms with Gasteiger partial charge in [0.15, 0.2) is 0 Å². The van der Waals surface area contributed by atoms with E-state index >= 15 is 0 Å². The molecule has 0 spiro atoms. The van der Waals surface area contributed by atoms with Crippen molar-refractivity contribution in [3.63, 3.8) is 0 Å². The molecule has 1 fully saturated rings. The number of carbonyl (C=O) groups excluding carboxylic acids is 1. The zero-order valence-electron chi connectivity index (χ0n) is 11.7. The first-order valence-corrected chi connectivity index (χ1v) is 7.02. The fourth-order valence-electron chi connectivity index (χ4n) is 3.02. The maximum atomic E-state index is 11.2. The van der Waals surface area contributed by atoms with Crippen LogP contribution in [0, 0.1) is 5.41 Å². The summed E-state index contributed by atoms with van der Waals surface area (Å²) in [4.78, 5) is 11.2. The average Bonchev–Trinajstić information content (AvgIpc) is 2.90. The van der Waals surface area contributed by atoms with Crippen LogP contribution in [-0.4, -0.2) is 19.6 Å². The SMILES string of the molecule is COC(=O)Cc1ccc(CC2(CN)CCCC2)cc1. The van der Waals surface area contributed by atoms with Crippen LogP contribution in [0.2, 0.25) is 0 Å². The largest absolute Gasteiger partial charge is 0.469 e. The van der Waals surface area contributed by atoms with Crippen molar-refractivity contribution in [2.75, 3.05) is 13.7 Å². The quantitative estimate of drug-likeness (QED) is 0.828. The molecule has 0 saturated heterocycles. The number of ether oxygens (including phenoxy) is 1. The summed E-state index contributed by atoms with van der Waals surface area (Å²) in [5, 5.41) is 0. The summed E-state index contributed by atoms with van der Waals surface area (Å²) in [6, 6.07) is 8.28. The van der Waals surface area contributed by atoms with E-state index in [0.29, 0.717) is 11.8 Å². The molecule has 0 atom stereocenters. The lowest BCUT2D eigenvalue weighted by atomic mass is 9.80. The standard InChI is InChI=1S/C16H23NO2/c1-19-15(18)10-13-4-6-14(7-5-13)11-16(12-17)8-2-3-9-16/h4-7H,2-3,8-12,17H2,1H3. The number of benzene rings is 1. The summed E-state index contributed by atoms with van der Waals surface area (Å²) in [5.74, 6) is -0.193. The molecule has 19 heavy (non-hydrogen) atoms. The monoisotopic (exact) mass is 261 g/mol. The number of hydrogen-bond acceptors (Lipinski definition) is 3. The molecule has 0 heterocycles. The summed E-state index contributed by atoms with van der Waals surface area (Å²) >= 11 is 0. The van der Waals surface area contributed by atoms with Gasteiger partial charge in [-0.25, -0.2) is 0 Å². The third-order valence-electron chi connectivity index (χ3n) is 4.28. The number of rotatable bonds is 5. The minimum Gasteiger partial charge on any atom is -0.469 e. The van der Waals surface area contributed by atoms with Crippen molar-refractivity contribution in [3.8, 4) is 0 Å². The van der Waals surface area contributed by atoms with Crippen LogP contribution >= 0.6 is 0 Å². The van der Waals surface area contributed by atoms with Crippen LogP contribution in [0.1, 0.15) is 36.8 Å². The van der Waals surface area contributed by atoms with E-state index in [-0.39, 0.29) is 5.97 Å². The van der Waals surface area contributed by atoms with Crippen LogP contribution in [0.5, 0.6) is 0 Å². The highest BCUT2D eigenvalue weighted by Crippen LogP contribution is 2.39. The lowest BCUT2D eigenvalue weighted by molar-refractivity contribution is -0.139. The molecule has 0 aliphatic heterocycles. The number of nitrogens with two attached hydrogens (primary N) is 1. The van der Waals surface area contributed by atoms with Gasteiger partial charge in [0.25, 0.3) is 0 Å². The van der Waals surface area contributed by atoms with Gasteiger partial charge < -0.3 is 10.5 Å². The molecule has 0 bridgehead atoms. The van der Waals surface area contributed by atoms with Gasteiger partial charge in [0, 0.05) is 0 Å². The normalized spacial score (nSPS) is 17.4. The second-order valence-electron chi connectivity index (χ2n) is 5.66. The molecule has 2 N–H and O–H groups in total. The van der Waals surface area contributed by atoms with Crippen molar-refractivity contribution in [3.05, 3.63) is 35.4 Å². The topological polar surface area (TPSA) is 52.3 Å². The molecule has 0 unspecified atom stereocenters. The molecule has 1 saturated carbocycles. The van der Waals surface area contributed by atoms with E-state index in [4.69, 9.17) is 5.73 Å². The zero-order valence-corrected chi connectivity index (χ0v) is 11.7. The molecule has 3 heteroatoms. The van der Waals surface area contributed by atoms with Crippen molar-refractivity contribution >= 4 is 5.97 Å². The summed E-state index contributed by atoms with van der Waals surface area (Å²) in [6.45, 7) is 0.775. The van der Waals surface area contributed by atoms with E-state index in [1.165, 1.54) is 38.4 Å². The van der Waals surface area contributed by atoms with E-state index in [9.17, 15) is 4.79 Å². The molecule has 1 aliphatic carbocycles. The average molecular weight is 261 g/mol. The Morgan fingerprint density at radius 2 is 1.79 bits per heavy atom. The molecule has 2 rings (SSSR count). The molecular weight excluding hydrogens is 238 g/mol. The van der Waals surface area contributed by atoms with Gasteiger partial charge in [-0.3, -0.25) is 4.79 Å². The predicted molar refractivity (Wildman–Crippen MR) is 75.8 cm³/mol. The number of carbonyl (C=O) groups is 1. The Morgan fingerprint density at radius 3 is 2.32 bits per heavy atom. The van der Waals surface area contributed by atoms with Crippen molar-refractivity contribution in [1.29, 1.82) is 0 Å². The van der Waals surface area contributed by atoms with Gasteiger partial charge in [-0.1, -0.05) is 37.1 Å². The summed E-state index contributed by atoms with van der Waals surface area (Å²) < 4.78 is 4.67. The van der Waals surface area contributed by atoms with Crippen molar-refractivity contribution in [2.24, 2.45) is 11.1 Å². The van der Waals surface area contributed by atoms with Crippen LogP contribution in [0.25, 0.3) is 0 Å². The Morgan fingerprint density at radius 1 is 1.21 bits per heavy atom. The van der Waals surface area contributed by atoms with Gasteiger partial charge in [-0.15, -0.1) is 0 Å². The predicted octanol–water partition coefficient (Wildman–Crippen LogP) is 2.46. The molecule has 1 aliphatic rings. The first-order valence-electron chi connectivity index (χ1n) is 7.02. The van der Waals surface area contributed by atoms with Gasteiger partial charge in [0.05, 0.1) is 13.5 Å². The van der Waals surface area contributed by atoms with E-state index < -0.39 is 0 Å². The molecule has 104 valence electrons. The van der Waals surface area contributed by atoms with Gasteiger partial charge in [-0.2, -0.15) is 0 Å². The summed E-state index contributed by atoms with van der Waals surface area (Å²) in [5.41, 5.74) is 8.60. The van der Waals surface area contributed by atoms with Crippen molar-refractivity contribution in [1.82, 2.24) is 0 Å². The summed E-state index contributed by atoms with van der Waals surface area (Å²) in [7, 11) is 1.42. The van der Waals surface area contributed by atoms with Crippen LogP contribution in [0.15, 0.2) is 24.3 Å². The fourth-order valence-corrected chi connectivity index (χ4v) is 3.02. The Balaban J connectivity index is 2.00. The Hall–Kier alpha value is -1.35. The smallest absolute Gasteiger partial charge is 0.309 e. The third kappa shape index (κ3) is 3.57. The molecule has 1 aromatic rings. The van der Waals surface area contributed by atoms with Gasteiger partial charge in [-0.05, 0) is 42.3 Å². The second-order valence-corrected chi connectivity index (χ2v) is 5.66. The van der Waals surface area contributed by atoms with Crippen LogP contribution in [-0.2, 0) is 22.4 Å². The molecular formula is C16H23NO2. The molecule has 0 aromatic heterocycles. The first-order chi connectivity index (χ1) is 9.17. The van der Waals surface area contributed by atoms with Gasteiger partial charge in [0.1, 0.15) is 0 Å².